The Kier molecular flexibility index (Phi) is 5.08. The Balaban J connectivity index is 2.24. The van der Waals surface area contributed by atoms with Crippen molar-refractivity contribution in [2.75, 3.05) is 6.16 Å². The van der Waals surface area contributed by atoms with E-state index in [2.05, 4.69) is 15.0 Å². The maximum absolute atomic E-state index is 11.9. The summed E-state index contributed by atoms with van der Waals surface area (Å²) in [7, 11) is -4.21. The second-order valence-electron chi connectivity index (χ2n) is 5.29. The largest absolute Gasteiger partial charge is 0.354 e. The highest BCUT2D eigenvalue weighted by Crippen LogP contribution is 2.39. The molecular formula is C11H16N5O6P. The van der Waals surface area contributed by atoms with Gasteiger partial charge in [-0.05, 0) is 18.9 Å². The van der Waals surface area contributed by atoms with Crippen molar-refractivity contribution in [1.29, 1.82) is 0 Å². The zero-order valence-electron chi connectivity index (χ0n) is 12.2. The highest BCUT2D eigenvalue weighted by atomic mass is 31.2. The number of hydrogen-bond donors (Lipinski definition) is 3. The predicted octanol–water partition coefficient (Wildman–Crippen LogP) is 0.379. The highest BCUT2D eigenvalue weighted by Gasteiger charge is 2.37. The van der Waals surface area contributed by atoms with Crippen LogP contribution in [0.15, 0.2) is 20.9 Å². The molecule has 1 saturated heterocycles. The van der Waals surface area contributed by atoms with Gasteiger partial charge in [-0.15, -0.1) is 0 Å². The van der Waals surface area contributed by atoms with E-state index in [0.717, 1.165) is 0 Å². The summed E-state index contributed by atoms with van der Waals surface area (Å²) in [4.78, 5) is 46.0. The van der Waals surface area contributed by atoms with Crippen LogP contribution < -0.4 is 11.2 Å². The third kappa shape index (κ3) is 4.31. The lowest BCUT2D eigenvalue weighted by Crippen LogP contribution is -2.33. The standard InChI is InChI=1S/C11H16N5O6P/c1-6-5-16(11(18)13-10(6)17)9-4-7(14-15-12)8(22-9)2-3-23(19,20)21/h5,7-9H,2-4H2,1H3,(H,13,17,18)(H2,19,20,21)/t7?,8-,9-/m1/s1. The van der Waals surface area contributed by atoms with Crippen LogP contribution >= 0.6 is 7.60 Å². The van der Waals surface area contributed by atoms with Crippen molar-refractivity contribution in [3.05, 3.63) is 43.0 Å². The fraction of sp³-hybridized carbons (Fsp3) is 0.636. The molecule has 0 radical (unpaired) electrons. The van der Waals surface area contributed by atoms with Crippen LogP contribution in [-0.4, -0.2) is 37.6 Å². The van der Waals surface area contributed by atoms with Crippen LogP contribution in [0.4, 0.5) is 0 Å². The summed E-state index contributed by atoms with van der Waals surface area (Å²) in [6.45, 7) is 1.53. The number of hydrogen-bond acceptors (Lipinski definition) is 5. The van der Waals surface area contributed by atoms with E-state index in [9.17, 15) is 14.2 Å². The third-order valence-corrected chi connectivity index (χ3v) is 4.41. The number of nitrogens with zero attached hydrogens (tertiary/aromatic N) is 4. The maximum Gasteiger partial charge on any atom is 0.330 e. The minimum atomic E-state index is -4.21. The Morgan fingerprint density at radius 2 is 2.26 bits per heavy atom. The Morgan fingerprint density at radius 3 is 2.87 bits per heavy atom. The quantitative estimate of drug-likeness (QED) is 0.301. The van der Waals surface area contributed by atoms with E-state index in [0.29, 0.717) is 5.56 Å². The first kappa shape index (κ1) is 17.5. The molecule has 0 saturated carbocycles. The molecule has 0 aromatic carbocycles. The van der Waals surface area contributed by atoms with Crippen LogP contribution in [0, 0.1) is 6.92 Å². The van der Waals surface area contributed by atoms with Gasteiger partial charge < -0.3 is 14.5 Å². The van der Waals surface area contributed by atoms with Gasteiger partial charge in [-0.1, -0.05) is 5.11 Å². The molecular weight excluding hydrogens is 329 g/mol. The molecule has 0 bridgehead atoms. The molecule has 0 spiro atoms. The molecule has 11 nitrogen and oxygen atoms in total. The first-order valence-corrected chi connectivity index (χ1v) is 8.57. The molecule has 1 aromatic heterocycles. The van der Waals surface area contributed by atoms with Crippen LogP contribution in [-0.2, 0) is 9.30 Å². The molecule has 1 fully saturated rings. The van der Waals surface area contributed by atoms with Gasteiger partial charge in [0.1, 0.15) is 6.23 Å². The van der Waals surface area contributed by atoms with Crippen molar-refractivity contribution < 1.29 is 19.1 Å². The first-order chi connectivity index (χ1) is 10.7. The van der Waals surface area contributed by atoms with E-state index in [1.54, 1.807) is 0 Å². The van der Waals surface area contributed by atoms with E-state index >= 15 is 0 Å². The van der Waals surface area contributed by atoms with Gasteiger partial charge in [-0.3, -0.25) is 18.9 Å². The number of rotatable bonds is 5. The number of ether oxygens (including phenoxy) is 1. The summed E-state index contributed by atoms with van der Waals surface area (Å²) in [5.74, 6) is 0. The number of azide groups is 1. The minimum Gasteiger partial charge on any atom is -0.354 e. The zero-order chi connectivity index (χ0) is 17.2. The van der Waals surface area contributed by atoms with Gasteiger partial charge in [0, 0.05) is 23.1 Å². The van der Waals surface area contributed by atoms with Crippen LogP contribution in [0.5, 0.6) is 0 Å². The average Bonchev–Trinajstić information content (AvgIpc) is 2.83. The molecule has 1 aliphatic heterocycles. The monoisotopic (exact) mass is 345 g/mol. The van der Waals surface area contributed by atoms with Crippen molar-refractivity contribution >= 4 is 7.60 Å². The number of aryl methyl sites for hydroxylation is 1. The Bertz CT molecular complexity index is 791. The molecule has 23 heavy (non-hydrogen) atoms. The number of H-pyrrole nitrogens is 1. The second kappa shape index (κ2) is 6.69. The van der Waals surface area contributed by atoms with Gasteiger partial charge in [-0.2, -0.15) is 0 Å². The highest BCUT2D eigenvalue weighted by molar-refractivity contribution is 7.51. The summed E-state index contributed by atoms with van der Waals surface area (Å²) < 4.78 is 17.8. The molecule has 0 aliphatic carbocycles. The summed E-state index contributed by atoms with van der Waals surface area (Å²) in [5.41, 5.74) is 7.74. The van der Waals surface area contributed by atoms with Crippen LogP contribution in [0.3, 0.4) is 0 Å². The Hall–Kier alpha value is -1.90. The molecule has 3 N–H and O–H groups in total. The Morgan fingerprint density at radius 1 is 1.57 bits per heavy atom. The first-order valence-electron chi connectivity index (χ1n) is 6.77. The lowest BCUT2D eigenvalue weighted by Gasteiger charge is -2.17. The second-order valence-corrected chi connectivity index (χ2v) is 7.07. The lowest BCUT2D eigenvalue weighted by atomic mass is 10.1. The van der Waals surface area contributed by atoms with Crippen molar-refractivity contribution in [3.63, 3.8) is 0 Å². The van der Waals surface area contributed by atoms with Crippen molar-refractivity contribution in [3.8, 4) is 0 Å². The fourth-order valence-electron chi connectivity index (χ4n) is 2.43. The average molecular weight is 345 g/mol. The van der Waals surface area contributed by atoms with Gasteiger partial charge >= 0.3 is 13.3 Å². The molecule has 0 amide bonds. The van der Waals surface area contributed by atoms with Gasteiger partial charge in [-0.25, -0.2) is 4.79 Å². The van der Waals surface area contributed by atoms with E-state index in [1.807, 2.05) is 0 Å². The number of aromatic nitrogens is 2. The fourth-order valence-corrected chi connectivity index (χ4v) is 3.02. The third-order valence-electron chi connectivity index (χ3n) is 3.57. The summed E-state index contributed by atoms with van der Waals surface area (Å²) in [6, 6.07) is -0.657. The minimum absolute atomic E-state index is 0.0124. The molecule has 1 unspecified atom stereocenters. The van der Waals surface area contributed by atoms with Crippen molar-refractivity contribution in [2.45, 2.75) is 38.1 Å². The molecule has 2 heterocycles. The number of nitrogens with one attached hydrogen (secondary N) is 1. The maximum atomic E-state index is 11.9. The van der Waals surface area contributed by atoms with E-state index in [1.165, 1.54) is 17.7 Å². The van der Waals surface area contributed by atoms with Crippen LogP contribution in [0.1, 0.15) is 24.6 Å². The predicted molar refractivity (Wildman–Crippen MR) is 79.0 cm³/mol. The molecule has 12 heteroatoms. The van der Waals surface area contributed by atoms with Gasteiger partial charge in [0.2, 0.25) is 0 Å². The van der Waals surface area contributed by atoms with Gasteiger partial charge in [0.15, 0.2) is 0 Å². The van der Waals surface area contributed by atoms with Gasteiger partial charge in [0.25, 0.3) is 5.56 Å². The normalized spacial score (nSPS) is 24.4. The van der Waals surface area contributed by atoms with Crippen LogP contribution in [0.2, 0.25) is 0 Å². The summed E-state index contributed by atoms with van der Waals surface area (Å²) in [6.07, 6.45) is -0.424. The van der Waals surface area contributed by atoms with E-state index in [4.69, 9.17) is 20.1 Å². The summed E-state index contributed by atoms with van der Waals surface area (Å²) >= 11 is 0. The molecule has 3 atom stereocenters. The topological polar surface area (TPSA) is 170 Å². The molecule has 2 rings (SSSR count). The number of aromatic amines is 1. The SMILES string of the molecule is Cc1cn([C@H]2CC(N=[N+]=[N-])[C@@H](CCP(=O)(O)O)O2)c(=O)[nH]c1=O. The van der Waals surface area contributed by atoms with Crippen LogP contribution in [0.25, 0.3) is 10.4 Å². The molecule has 1 aliphatic rings. The lowest BCUT2D eigenvalue weighted by molar-refractivity contribution is -0.00427. The smallest absolute Gasteiger partial charge is 0.330 e. The van der Waals surface area contributed by atoms with E-state index in [-0.39, 0.29) is 12.8 Å². The van der Waals surface area contributed by atoms with Gasteiger partial charge in [0.05, 0.1) is 18.3 Å². The zero-order valence-corrected chi connectivity index (χ0v) is 13.1. The molecule has 126 valence electrons. The van der Waals surface area contributed by atoms with E-state index < -0.39 is 43.4 Å². The Labute approximate surface area is 129 Å². The molecule has 1 aromatic rings. The summed E-state index contributed by atoms with van der Waals surface area (Å²) in [5, 5.41) is 3.57. The van der Waals surface area contributed by atoms with Crippen molar-refractivity contribution in [2.24, 2.45) is 5.11 Å². The van der Waals surface area contributed by atoms with Crippen molar-refractivity contribution in [1.82, 2.24) is 9.55 Å².